The molecule has 1 fully saturated rings. The predicted molar refractivity (Wildman–Crippen MR) is 99.9 cm³/mol. The summed E-state index contributed by atoms with van der Waals surface area (Å²) in [6.45, 7) is 7.04. The van der Waals surface area contributed by atoms with Crippen molar-refractivity contribution < 1.29 is 9.26 Å². The lowest BCUT2D eigenvalue weighted by Crippen LogP contribution is -2.37. The van der Waals surface area contributed by atoms with Crippen molar-refractivity contribution in [2.75, 3.05) is 31.2 Å². The van der Waals surface area contributed by atoms with Crippen LogP contribution in [0, 0.1) is 13.8 Å². The lowest BCUT2D eigenvalue weighted by molar-refractivity contribution is 0.122. The van der Waals surface area contributed by atoms with Crippen molar-refractivity contribution in [1.29, 1.82) is 0 Å². The second-order valence-corrected chi connectivity index (χ2v) is 7.22. The number of nitrogens with zero attached hydrogens (tertiary/aromatic N) is 5. The van der Waals surface area contributed by atoms with Crippen molar-refractivity contribution in [2.45, 2.75) is 24.8 Å². The van der Waals surface area contributed by atoms with E-state index >= 15 is 0 Å². The van der Waals surface area contributed by atoms with Gasteiger partial charge in [0.1, 0.15) is 5.76 Å². The van der Waals surface area contributed by atoms with Crippen LogP contribution >= 0.6 is 11.8 Å². The SMILES string of the molecule is Cc1cccc(-n2c(SCc3cc(C)on3)nnc2N2CCOCC2)c1. The Hall–Kier alpha value is -2.32. The van der Waals surface area contributed by atoms with E-state index in [1.165, 1.54) is 5.56 Å². The van der Waals surface area contributed by atoms with Crippen LogP contribution in [0.15, 0.2) is 40.0 Å². The Labute approximate surface area is 156 Å². The molecule has 3 heterocycles. The zero-order valence-corrected chi connectivity index (χ0v) is 15.7. The van der Waals surface area contributed by atoms with Gasteiger partial charge in [0.2, 0.25) is 5.95 Å². The monoisotopic (exact) mass is 371 g/mol. The third-order valence-corrected chi connectivity index (χ3v) is 5.16. The summed E-state index contributed by atoms with van der Waals surface area (Å²) in [4.78, 5) is 2.23. The molecule has 0 bridgehead atoms. The summed E-state index contributed by atoms with van der Waals surface area (Å²) in [5.74, 6) is 2.36. The molecule has 136 valence electrons. The number of ether oxygens (including phenoxy) is 1. The molecule has 1 aliphatic heterocycles. The van der Waals surface area contributed by atoms with E-state index in [0.29, 0.717) is 19.0 Å². The second kappa shape index (κ2) is 7.51. The predicted octanol–water partition coefficient (Wildman–Crippen LogP) is 3.00. The molecule has 3 aromatic rings. The highest BCUT2D eigenvalue weighted by Crippen LogP contribution is 2.29. The van der Waals surface area contributed by atoms with Gasteiger partial charge >= 0.3 is 0 Å². The highest BCUT2D eigenvalue weighted by Gasteiger charge is 2.22. The van der Waals surface area contributed by atoms with Gasteiger partial charge in [-0.3, -0.25) is 4.57 Å². The highest BCUT2D eigenvalue weighted by atomic mass is 32.2. The van der Waals surface area contributed by atoms with Gasteiger partial charge in [0.25, 0.3) is 0 Å². The Balaban J connectivity index is 1.67. The van der Waals surface area contributed by atoms with Crippen molar-refractivity contribution >= 4 is 17.7 Å². The average molecular weight is 371 g/mol. The zero-order valence-electron chi connectivity index (χ0n) is 14.9. The van der Waals surface area contributed by atoms with E-state index in [9.17, 15) is 0 Å². The molecule has 0 saturated carbocycles. The Bertz CT molecular complexity index is 885. The molecule has 26 heavy (non-hydrogen) atoms. The molecule has 8 heteroatoms. The first-order chi connectivity index (χ1) is 12.7. The normalized spacial score (nSPS) is 14.8. The number of morpholine rings is 1. The Kier molecular flexibility index (Phi) is 4.94. The van der Waals surface area contributed by atoms with Gasteiger partial charge in [0.05, 0.1) is 24.6 Å². The quantitative estimate of drug-likeness (QED) is 0.639. The minimum absolute atomic E-state index is 0.685. The fraction of sp³-hybridized carbons (Fsp3) is 0.389. The van der Waals surface area contributed by atoms with Crippen LogP contribution in [-0.2, 0) is 10.5 Å². The maximum atomic E-state index is 5.48. The molecular formula is C18H21N5O2S. The summed E-state index contributed by atoms with van der Waals surface area (Å²) in [7, 11) is 0. The van der Waals surface area contributed by atoms with E-state index in [1.54, 1.807) is 11.8 Å². The largest absolute Gasteiger partial charge is 0.378 e. The van der Waals surface area contributed by atoms with Crippen LogP contribution in [0.3, 0.4) is 0 Å². The molecule has 1 aliphatic rings. The van der Waals surface area contributed by atoms with Crippen LogP contribution < -0.4 is 4.90 Å². The number of hydrogen-bond acceptors (Lipinski definition) is 7. The smallest absolute Gasteiger partial charge is 0.232 e. The molecule has 7 nitrogen and oxygen atoms in total. The first-order valence-corrected chi connectivity index (χ1v) is 9.59. The van der Waals surface area contributed by atoms with E-state index in [1.807, 2.05) is 13.0 Å². The third-order valence-electron chi connectivity index (χ3n) is 4.20. The van der Waals surface area contributed by atoms with Crippen LogP contribution in [-0.4, -0.2) is 46.2 Å². The first kappa shape index (κ1) is 17.1. The fourth-order valence-corrected chi connectivity index (χ4v) is 3.77. The maximum absolute atomic E-state index is 5.48. The number of rotatable bonds is 5. The topological polar surface area (TPSA) is 69.2 Å². The number of anilines is 1. The minimum atomic E-state index is 0.685. The van der Waals surface area contributed by atoms with E-state index < -0.39 is 0 Å². The number of aryl methyl sites for hydroxylation is 2. The fourth-order valence-electron chi connectivity index (χ4n) is 2.94. The molecule has 2 aromatic heterocycles. The summed E-state index contributed by atoms with van der Waals surface area (Å²) in [6.07, 6.45) is 0. The molecule has 1 aromatic carbocycles. The van der Waals surface area contributed by atoms with E-state index in [4.69, 9.17) is 9.26 Å². The second-order valence-electron chi connectivity index (χ2n) is 6.27. The van der Waals surface area contributed by atoms with Crippen molar-refractivity contribution in [1.82, 2.24) is 19.9 Å². The van der Waals surface area contributed by atoms with Crippen molar-refractivity contribution in [3.63, 3.8) is 0 Å². The maximum Gasteiger partial charge on any atom is 0.232 e. The van der Waals surface area contributed by atoms with Crippen LogP contribution in [0.4, 0.5) is 5.95 Å². The molecule has 4 rings (SSSR count). The average Bonchev–Trinajstić information content (AvgIpc) is 3.26. The third kappa shape index (κ3) is 3.61. The molecule has 0 aliphatic carbocycles. The standard InChI is InChI=1S/C18H21N5O2S/c1-13-4-3-5-16(10-13)23-17(22-6-8-24-9-7-22)19-20-18(23)26-12-15-11-14(2)25-21-15/h3-5,10-11H,6-9,12H2,1-2H3. The summed E-state index contributed by atoms with van der Waals surface area (Å²) < 4.78 is 12.8. The molecule has 0 N–H and O–H groups in total. The summed E-state index contributed by atoms with van der Waals surface area (Å²) >= 11 is 1.61. The Morgan fingerprint density at radius 3 is 2.69 bits per heavy atom. The molecule has 1 saturated heterocycles. The van der Waals surface area contributed by atoms with Gasteiger partial charge in [-0.25, -0.2) is 0 Å². The highest BCUT2D eigenvalue weighted by molar-refractivity contribution is 7.98. The van der Waals surface area contributed by atoms with Crippen molar-refractivity contribution in [2.24, 2.45) is 0 Å². The zero-order chi connectivity index (χ0) is 17.9. The Morgan fingerprint density at radius 1 is 1.12 bits per heavy atom. The lowest BCUT2D eigenvalue weighted by Gasteiger charge is -2.28. The summed E-state index contributed by atoms with van der Waals surface area (Å²) in [6, 6.07) is 10.3. The van der Waals surface area contributed by atoms with Gasteiger partial charge in [0.15, 0.2) is 5.16 Å². The molecule has 0 spiro atoms. The summed E-state index contributed by atoms with van der Waals surface area (Å²) in [5, 5.41) is 13.8. The molecule has 0 unspecified atom stereocenters. The molecular weight excluding hydrogens is 350 g/mol. The van der Waals surface area contributed by atoms with Crippen molar-refractivity contribution in [3.8, 4) is 5.69 Å². The number of aromatic nitrogens is 4. The van der Waals surface area contributed by atoms with Crippen LogP contribution in [0.5, 0.6) is 0 Å². The Morgan fingerprint density at radius 2 is 1.96 bits per heavy atom. The van der Waals surface area contributed by atoms with Crippen LogP contribution in [0.2, 0.25) is 0 Å². The molecule has 0 atom stereocenters. The van der Waals surface area contributed by atoms with Gasteiger partial charge < -0.3 is 14.2 Å². The number of hydrogen-bond donors (Lipinski definition) is 0. The van der Waals surface area contributed by atoms with Crippen molar-refractivity contribution in [3.05, 3.63) is 47.3 Å². The van der Waals surface area contributed by atoms with Gasteiger partial charge in [-0.1, -0.05) is 29.1 Å². The number of benzene rings is 1. The van der Waals surface area contributed by atoms with E-state index in [2.05, 4.69) is 56.0 Å². The van der Waals surface area contributed by atoms with Gasteiger partial charge in [-0.05, 0) is 31.5 Å². The number of thioether (sulfide) groups is 1. The van der Waals surface area contributed by atoms with E-state index in [-0.39, 0.29) is 0 Å². The van der Waals surface area contributed by atoms with Gasteiger partial charge in [-0.2, -0.15) is 0 Å². The van der Waals surface area contributed by atoms with Gasteiger partial charge in [-0.15, -0.1) is 10.2 Å². The van der Waals surface area contributed by atoms with Gasteiger partial charge in [0, 0.05) is 24.9 Å². The molecule has 0 amide bonds. The molecule has 0 radical (unpaired) electrons. The lowest BCUT2D eigenvalue weighted by atomic mass is 10.2. The minimum Gasteiger partial charge on any atom is -0.378 e. The van der Waals surface area contributed by atoms with Crippen LogP contribution in [0.1, 0.15) is 17.0 Å². The van der Waals surface area contributed by atoms with Crippen LogP contribution in [0.25, 0.3) is 5.69 Å². The van der Waals surface area contributed by atoms with E-state index in [0.717, 1.165) is 41.3 Å². The first-order valence-electron chi connectivity index (χ1n) is 8.61. The summed E-state index contributed by atoms with van der Waals surface area (Å²) in [5.41, 5.74) is 3.17.